The van der Waals surface area contributed by atoms with E-state index in [-0.39, 0.29) is 17.6 Å². The first-order valence-electron chi connectivity index (χ1n) is 7.15. The van der Waals surface area contributed by atoms with E-state index >= 15 is 0 Å². The highest BCUT2D eigenvalue weighted by atomic mass is 35.5. The topological polar surface area (TPSA) is 41.1 Å². The molecule has 114 valence electrons. The Bertz CT molecular complexity index is 733. The summed E-state index contributed by atoms with van der Waals surface area (Å²) in [6.45, 7) is 1.36. The average Bonchev–Trinajstić information content (AvgIpc) is 2.84. The molecule has 0 saturated heterocycles. The Morgan fingerprint density at radius 2 is 2.09 bits per heavy atom. The molecule has 0 unspecified atom stereocenters. The Hall–Kier alpha value is -2.07. The highest BCUT2D eigenvalue weighted by Gasteiger charge is 2.22. The molecule has 2 N–H and O–H groups in total. The van der Waals surface area contributed by atoms with E-state index in [1.165, 1.54) is 24.1 Å². The lowest BCUT2D eigenvalue weighted by Crippen LogP contribution is -2.10. The molecule has 2 aromatic carbocycles. The molecule has 3 nitrogen and oxygen atoms in total. The summed E-state index contributed by atoms with van der Waals surface area (Å²) in [6.07, 6.45) is 1.93. The molecule has 0 bridgehead atoms. The predicted octanol–water partition coefficient (Wildman–Crippen LogP) is 4.54. The summed E-state index contributed by atoms with van der Waals surface area (Å²) in [7, 11) is 0. The van der Waals surface area contributed by atoms with Crippen LogP contribution in [0.5, 0.6) is 0 Å². The molecule has 1 atom stereocenters. The average molecular weight is 319 g/mol. The van der Waals surface area contributed by atoms with E-state index in [4.69, 9.17) is 11.6 Å². The molecule has 0 fully saturated rings. The van der Waals surface area contributed by atoms with E-state index in [1.807, 2.05) is 18.2 Å². The van der Waals surface area contributed by atoms with Crippen molar-refractivity contribution < 1.29 is 9.18 Å². The summed E-state index contributed by atoms with van der Waals surface area (Å²) in [5, 5.41) is 6.63. The third kappa shape index (κ3) is 3.07. The monoisotopic (exact) mass is 318 g/mol. The van der Waals surface area contributed by atoms with Crippen molar-refractivity contribution in [2.24, 2.45) is 0 Å². The van der Waals surface area contributed by atoms with Crippen LogP contribution in [0.15, 0.2) is 36.4 Å². The summed E-state index contributed by atoms with van der Waals surface area (Å²) < 4.78 is 13.7. The van der Waals surface area contributed by atoms with Gasteiger partial charge in [0, 0.05) is 17.6 Å². The summed E-state index contributed by atoms with van der Waals surface area (Å²) in [4.78, 5) is 11.1. The molecule has 2 aromatic rings. The van der Waals surface area contributed by atoms with Gasteiger partial charge in [-0.1, -0.05) is 17.7 Å². The first-order valence-corrected chi connectivity index (χ1v) is 7.53. The maximum atomic E-state index is 13.7. The number of carbonyl (C=O) groups excluding carboxylic acids is 1. The van der Waals surface area contributed by atoms with Gasteiger partial charge >= 0.3 is 0 Å². The number of carbonyl (C=O) groups is 1. The highest BCUT2D eigenvalue weighted by molar-refractivity contribution is 6.30. The van der Waals surface area contributed by atoms with Gasteiger partial charge in [0.15, 0.2) is 0 Å². The second-order valence-electron chi connectivity index (χ2n) is 5.45. The summed E-state index contributed by atoms with van der Waals surface area (Å²) in [5.74, 6) is -0.740. The normalized spacial score (nSPS) is 16.2. The lowest BCUT2D eigenvalue weighted by molar-refractivity contribution is -0.114. The van der Waals surface area contributed by atoms with Gasteiger partial charge in [-0.3, -0.25) is 4.79 Å². The summed E-state index contributed by atoms with van der Waals surface area (Å²) in [6, 6.07) is 10.7. The van der Waals surface area contributed by atoms with Crippen molar-refractivity contribution in [3.8, 4) is 0 Å². The number of benzene rings is 2. The van der Waals surface area contributed by atoms with E-state index in [0.29, 0.717) is 0 Å². The maximum absolute atomic E-state index is 13.7. The summed E-state index contributed by atoms with van der Waals surface area (Å²) in [5.41, 5.74) is 3.42. The molecular weight excluding hydrogens is 303 g/mol. The third-order valence-corrected chi connectivity index (χ3v) is 4.04. The van der Waals surface area contributed by atoms with Gasteiger partial charge in [0.05, 0.1) is 11.7 Å². The van der Waals surface area contributed by atoms with E-state index in [9.17, 15) is 9.18 Å². The number of amides is 1. The largest absolute Gasteiger partial charge is 0.378 e. The number of halogens is 2. The number of anilines is 2. The van der Waals surface area contributed by atoms with Crippen molar-refractivity contribution in [3.05, 3.63) is 58.4 Å². The molecule has 0 saturated carbocycles. The molecule has 1 aliphatic carbocycles. The number of hydrogen-bond acceptors (Lipinski definition) is 2. The van der Waals surface area contributed by atoms with Gasteiger partial charge in [-0.05, 0) is 54.3 Å². The van der Waals surface area contributed by atoms with Crippen LogP contribution in [0.1, 0.15) is 30.5 Å². The number of nitrogens with one attached hydrogen (secondary N) is 2. The van der Waals surface area contributed by atoms with E-state index < -0.39 is 5.82 Å². The predicted molar refractivity (Wildman–Crippen MR) is 86.8 cm³/mol. The van der Waals surface area contributed by atoms with Gasteiger partial charge in [0.25, 0.3) is 0 Å². The minimum Gasteiger partial charge on any atom is -0.378 e. The van der Waals surface area contributed by atoms with Crippen molar-refractivity contribution in [2.45, 2.75) is 25.8 Å². The van der Waals surface area contributed by atoms with Gasteiger partial charge in [-0.25, -0.2) is 4.39 Å². The molecular formula is C17H16ClFN2O. The number of aryl methyl sites for hydroxylation is 1. The quantitative estimate of drug-likeness (QED) is 0.872. The van der Waals surface area contributed by atoms with Gasteiger partial charge in [0.1, 0.15) is 5.82 Å². The van der Waals surface area contributed by atoms with E-state index in [0.717, 1.165) is 23.6 Å². The first kappa shape index (κ1) is 14.9. The van der Waals surface area contributed by atoms with Crippen molar-refractivity contribution in [2.75, 3.05) is 10.6 Å². The minimum absolute atomic E-state index is 0.169. The van der Waals surface area contributed by atoms with E-state index in [2.05, 4.69) is 10.6 Å². The summed E-state index contributed by atoms with van der Waals surface area (Å²) >= 11 is 6.02. The molecule has 22 heavy (non-hydrogen) atoms. The number of hydrogen-bond donors (Lipinski definition) is 2. The Morgan fingerprint density at radius 3 is 2.86 bits per heavy atom. The standard InChI is InChI=1S/C17H16ClFN2O/c1-10(22)20-17-9-13(4-6-15(17)19)21-16-7-2-11-8-12(18)3-5-14(11)16/h3-6,8-9,16,21H,2,7H2,1H3,(H,20,22)/t16-/m1/s1. The Labute approximate surface area is 133 Å². The minimum atomic E-state index is -0.445. The van der Waals surface area contributed by atoms with Crippen LogP contribution in [0, 0.1) is 5.82 Å². The molecule has 1 aliphatic rings. The molecule has 0 heterocycles. The zero-order valence-electron chi connectivity index (χ0n) is 12.1. The molecule has 0 aromatic heterocycles. The zero-order chi connectivity index (χ0) is 15.7. The third-order valence-electron chi connectivity index (χ3n) is 3.80. The molecule has 0 spiro atoms. The fraction of sp³-hybridized carbons (Fsp3) is 0.235. The van der Waals surface area contributed by atoms with Gasteiger partial charge in [0.2, 0.25) is 5.91 Å². The molecule has 5 heteroatoms. The molecule has 0 aliphatic heterocycles. The van der Waals surface area contributed by atoms with Crippen LogP contribution in [0.3, 0.4) is 0 Å². The van der Waals surface area contributed by atoms with Crippen molar-refractivity contribution >= 4 is 28.9 Å². The first-order chi connectivity index (χ1) is 10.5. The fourth-order valence-electron chi connectivity index (χ4n) is 2.84. The maximum Gasteiger partial charge on any atom is 0.221 e. The van der Waals surface area contributed by atoms with Gasteiger partial charge in [-0.2, -0.15) is 0 Å². The lowest BCUT2D eigenvalue weighted by Gasteiger charge is -2.17. The van der Waals surface area contributed by atoms with Gasteiger partial charge < -0.3 is 10.6 Å². The van der Waals surface area contributed by atoms with Crippen molar-refractivity contribution in [1.29, 1.82) is 0 Å². The van der Waals surface area contributed by atoms with Crippen LogP contribution in [-0.2, 0) is 11.2 Å². The zero-order valence-corrected chi connectivity index (χ0v) is 12.9. The number of rotatable bonds is 3. The van der Waals surface area contributed by atoms with Crippen LogP contribution < -0.4 is 10.6 Å². The molecule has 1 amide bonds. The van der Waals surface area contributed by atoms with Crippen LogP contribution in [0.2, 0.25) is 5.02 Å². The van der Waals surface area contributed by atoms with Crippen LogP contribution in [0.25, 0.3) is 0 Å². The van der Waals surface area contributed by atoms with E-state index in [1.54, 1.807) is 12.1 Å². The van der Waals surface area contributed by atoms with Gasteiger partial charge in [-0.15, -0.1) is 0 Å². The van der Waals surface area contributed by atoms with Crippen molar-refractivity contribution in [3.63, 3.8) is 0 Å². The Balaban J connectivity index is 1.82. The highest BCUT2D eigenvalue weighted by Crippen LogP contribution is 2.35. The Morgan fingerprint density at radius 1 is 1.27 bits per heavy atom. The van der Waals surface area contributed by atoms with Crippen LogP contribution >= 0.6 is 11.6 Å². The fourth-order valence-corrected chi connectivity index (χ4v) is 3.03. The smallest absolute Gasteiger partial charge is 0.221 e. The number of fused-ring (bicyclic) bond motifs is 1. The Kier molecular flexibility index (Phi) is 4.03. The second kappa shape index (κ2) is 5.97. The SMILES string of the molecule is CC(=O)Nc1cc(N[C@@H]2CCc3cc(Cl)ccc32)ccc1F. The van der Waals surface area contributed by atoms with Crippen LogP contribution in [0.4, 0.5) is 15.8 Å². The van der Waals surface area contributed by atoms with Crippen LogP contribution in [-0.4, -0.2) is 5.91 Å². The van der Waals surface area contributed by atoms with Crippen molar-refractivity contribution in [1.82, 2.24) is 0 Å². The molecule has 3 rings (SSSR count). The molecule has 0 radical (unpaired) electrons. The lowest BCUT2D eigenvalue weighted by atomic mass is 10.1. The second-order valence-corrected chi connectivity index (χ2v) is 5.89.